The van der Waals surface area contributed by atoms with Crippen LogP contribution in [-0.4, -0.2) is 9.55 Å². The Kier molecular flexibility index (Phi) is 12.2. The van der Waals surface area contributed by atoms with E-state index in [9.17, 15) is 0 Å². The number of fused-ring (bicyclic) bond motifs is 2. The molecule has 2 nitrogen and oxygen atoms in total. The smallest absolute Gasteiger partial charge is 0.114 e. The third-order valence-electron chi connectivity index (χ3n) is 8.20. The summed E-state index contributed by atoms with van der Waals surface area (Å²) in [4.78, 5) is 5.07. The molecule has 0 aliphatic carbocycles. The first-order valence-corrected chi connectivity index (χ1v) is 15.8. The van der Waals surface area contributed by atoms with Crippen LogP contribution >= 0.6 is 0 Å². The first-order valence-electron chi connectivity index (χ1n) is 15.8. The van der Waals surface area contributed by atoms with Crippen molar-refractivity contribution in [1.29, 1.82) is 0 Å². The van der Waals surface area contributed by atoms with Gasteiger partial charge < -0.3 is 4.57 Å². The van der Waals surface area contributed by atoms with E-state index in [1.54, 1.807) is 0 Å². The fourth-order valence-electron chi connectivity index (χ4n) is 5.94. The van der Waals surface area contributed by atoms with Crippen LogP contribution in [0.5, 0.6) is 0 Å². The van der Waals surface area contributed by atoms with Crippen LogP contribution in [0.2, 0.25) is 0 Å². The van der Waals surface area contributed by atoms with Crippen LogP contribution in [0.4, 0.5) is 0 Å². The Morgan fingerprint density at radius 2 is 1.11 bits per heavy atom. The molecule has 3 aromatic carbocycles. The molecule has 0 fully saturated rings. The summed E-state index contributed by atoms with van der Waals surface area (Å²) in [5.41, 5.74) is 3.77. The highest BCUT2D eigenvalue weighted by atomic mass is 15.1. The molecule has 0 amide bonds. The second-order valence-corrected chi connectivity index (χ2v) is 11.3. The summed E-state index contributed by atoms with van der Waals surface area (Å²) in [5.74, 6) is 1.20. The SMILES string of the molecule is CCCCCCCCCCCCCCCCCCn1c(Cc2cccc3ccccc23)nc2ccccc21. The molecule has 0 atom stereocenters. The number of aromatic nitrogens is 2. The van der Waals surface area contributed by atoms with Crippen LogP contribution < -0.4 is 0 Å². The first-order chi connectivity index (χ1) is 18.9. The summed E-state index contributed by atoms with van der Waals surface area (Å²) in [6.07, 6.45) is 23.4. The molecule has 0 saturated heterocycles. The van der Waals surface area contributed by atoms with Gasteiger partial charge in [0.05, 0.1) is 11.0 Å². The van der Waals surface area contributed by atoms with E-state index in [1.165, 1.54) is 130 Å². The van der Waals surface area contributed by atoms with E-state index < -0.39 is 0 Å². The number of imidazole rings is 1. The van der Waals surface area contributed by atoms with Crippen LogP contribution in [0, 0.1) is 0 Å². The molecule has 1 heterocycles. The number of para-hydroxylation sites is 2. The third kappa shape index (κ3) is 8.72. The molecule has 4 aromatic rings. The van der Waals surface area contributed by atoms with Crippen molar-refractivity contribution in [3.63, 3.8) is 0 Å². The van der Waals surface area contributed by atoms with E-state index in [2.05, 4.69) is 78.2 Å². The lowest BCUT2D eigenvalue weighted by Gasteiger charge is -2.11. The minimum atomic E-state index is 0.884. The van der Waals surface area contributed by atoms with E-state index in [4.69, 9.17) is 4.98 Å². The maximum Gasteiger partial charge on any atom is 0.114 e. The molecule has 4 rings (SSSR count). The number of unbranched alkanes of at least 4 members (excludes halogenated alkanes) is 15. The summed E-state index contributed by atoms with van der Waals surface area (Å²) in [7, 11) is 0. The molecule has 1 aromatic heterocycles. The molecule has 204 valence electrons. The number of benzene rings is 3. The number of hydrogen-bond donors (Lipinski definition) is 0. The van der Waals surface area contributed by atoms with Crippen molar-refractivity contribution in [1.82, 2.24) is 9.55 Å². The van der Waals surface area contributed by atoms with Crippen LogP contribution in [0.1, 0.15) is 121 Å². The van der Waals surface area contributed by atoms with E-state index >= 15 is 0 Å². The van der Waals surface area contributed by atoms with E-state index in [0.717, 1.165) is 18.5 Å². The van der Waals surface area contributed by atoms with Crippen LogP contribution in [0.3, 0.4) is 0 Å². The minimum Gasteiger partial charge on any atom is -0.328 e. The molecule has 0 spiro atoms. The van der Waals surface area contributed by atoms with Gasteiger partial charge in [-0.25, -0.2) is 4.98 Å². The highest BCUT2D eigenvalue weighted by Crippen LogP contribution is 2.24. The Labute approximate surface area is 231 Å². The molecule has 0 unspecified atom stereocenters. The van der Waals surface area contributed by atoms with Crippen molar-refractivity contribution >= 4 is 21.8 Å². The summed E-state index contributed by atoms with van der Waals surface area (Å²) >= 11 is 0. The Bertz CT molecular complexity index is 1200. The molecule has 38 heavy (non-hydrogen) atoms. The maximum absolute atomic E-state index is 5.07. The van der Waals surface area contributed by atoms with Crippen LogP contribution in [0.15, 0.2) is 66.7 Å². The Morgan fingerprint density at radius 3 is 1.79 bits per heavy atom. The number of hydrogen-bond acceptors (Lipinski definition) is 1. The average molecular weight is 511 g/mol. The van der Waals surface area contributed by atoms with Gasteiger partial charge in [0.25, 0.3) is 0 Å². The van der Waals surface area contributed by atoms with Crippen LogP contribution in [0.25, 0.3) is 21.8 Å². The predicted octanol–water partition coefficient (Wildman–Crippen LogP) is 11.0. The van der Waals surface area contributed by atoms with Crippen molar-refractivity contribution < 1.29 is 0 Å². The molecule has 0 aliphatic heterocycles. The first kappa shape index (κ1) is 28.4. The summed E-state index contributed by atoms with van der Waals surface area (Å²) < 4.78 is 2.49. The molecule has 0 bridgehead atoms. The van der Waals surface area contributed by atoms with Gasteiger partial charge in [-0.1, -0.05) is 158 Å². The molecule has 2 heteroatoms. The second-order valence-electron chi connectivity index (χ2n) is 11.3. The lowest BCUT2D eigenvalue weighted by molar-refractivity contribution is 0.520. The van der Waals surface area contributed by atoms with Crippen molar-refractivity contribution in [3.05, 3.63) is 78.1 Å². The number of nitrogens with zero attached hydrogens (tertiary/aromatic N) is 2. The molecule has 0 aliphatic rings. The summed E-state index contributed by atoms with van der Waals surface area (Å²) in [6.45, 7) is 3.37. The summed E-state index contributed by atoms with van der Waals surface area (Å²) in [6, 6.07) is 24.0. The highest BCUT2D eigenvalue weighted by molar-refractivity contribution is 5.86. The number of rotatable bonds is 19. The molecular formula is C36H50N2. The minimum absolute atomic E-state index is 0.884. The molecular weight excluding hydrogens is 460 g/mol. The Morgan fingerprint density at radius 1 is 0.553 bits per heavy atom. The van der Waals surface area contributed by atoms with Crippen molar-refractivity contribution in [2.24, 2.45) is 0 Å². The monoisotopic (exact) mass is 510 g/mol. The van der Waals surface area contributed by atoms with Crippen molar-refractivity contribution in [3.8, 4) is 0 Å². The van der Waals surface area contributed by atoms with Gasteiger partial charge in [0.15, 0.2) is 0 Å². The van der Waals surface area contributed by atoms with E-state index in [-0.39, 0.29) is 0 Å². The average Bonchev–Trinajstić information content (AvgIpc) is 3.30. The van der Waals surface area contributed by atoms with Gasteiger partial charge in [-0.2, -0.15) is 0 Å². The van der Waals surface area contributed by atoms with Gasteiger partial charge in [0.1, 0.15) is 5.82 Å². The van der Waals surface area contributed by atoms with Gasteiger partial charge in [-0.3, -0.25) is 0 Å². The second kappa shape index (κ2) is 16.4. The molecule has 0 saturated carbocycles. The molecule has 0 N–H and O–H groups in total. The zero-order valence-electron chi connectivity index (χ0n) is 24.0. The quantitative estimate of drug-likeness (QED) is 0.115. The topological polar surface area (TPSA) is 17.8 Å². The lowest BCUT2D eigenvalue weighted by Crippen LogP contribution is -2.05. The number of aryl methyl sites for hydroxylation is 1. The fraction of sp³-hybridized carbons (Fsp3) is 0.528. The van der Waals surface area contributed by atoms with Crippen molar-refractivity contribution in [2.75, 3.05) is 0 Å². The molecule has 0 radical (unpaired) electrons. The van der Waals surface area contributed by atoms with Gasteiger partial charge in [0, 0.05) is 13.0 Å². The van der Waals surface area contributed by atoms with Gasteiger partial charge >= 0.3 is 0 Å². The Balaban J connectivity index is 1.15. The fourth-order valence-corrected chi connectivity index (χ4v) is 5.94. The van der Waals surface area contributed by atoms with Gasteiger partial charge in [-0.15, -0.1) is 0 Å². The highest BCUT2D eigenvalue weighted by Gasteiger charge is 2.12. The zero-order chi connectivity index (χ0) is 26.3. The lowest BCUT2D eigenvalue weighted by atomic mass is 10.0. The van der Waals surface area contributed by atoms with E-state index in [0.29, 0.717) is 0 Å². The zero-order valence-corrected chi connectivity index (χ0v) is 24.0. The summed E-state index contributed by atoms with van der Waals surface area (Å²) in [5, 5.41) is 2.65. The predicted molar refractivity (Wildman–Crippen MR) is 166 cm³/mol. The van der Waals surface area contributed by atoms with Crippen molar-refractivity contribution in [2.45, 2.75) is 123 Å². The largest absolute Gasteiger partial charge is 0.328 e. The van der Waals surface area contributed by atoms with Crippen LogP contribution in [-0.2, 0) is 13.0 Å². The maximum atomic E-state index is 5.07. The third-order valence-corrected chi connectivity index (χ3v) is 8.20. The normalized spacial score (nSPS) is 11.6. The van der Waals surface area contributed by atoms with E-state index in [1.807, 2.05) is 0 Å². The van der Waals surface area contributed by atoms with Gasteiger partial charge in [-0.05, 0) is 34.9 Å². The Hall–Kier alpha value is -2.61. The standard InChI is InChI=1S/C36H50N2/c1-2-3-4-5-6-7-8-9-10-11-12-13-14-15-16-21-29-38-35-28-20-19-27-34(35)37-36(38)30-32-25-22-24-31-23-17-18-26-33(31)32/h17-20,22-28H,2-16,21,29-30H2,1H3. The van der Waals surface area contributed by atoms with Gasteiger partial charge in [0.2, 0.25) is 0 Å².